The Bertz CT molecular complexity index is 1620. The Balaban J connectivity index is 0.976. The van der Waals surface area contributed by atoms with Crippen LogP contribution in [0.1, 0.15) is 80.1 Å². The minimum absolute atomic E-state index is 0.0751. The third kappa shape index (κ3) is 4.69. The molecule has 4 aliphatic rings. The van der Waals surface area contributed by atoms with Crippen LogP contribution in [0, 0.1) is 6.92 Å². The molecule has 0 spiro atoms. The Morgan fingerprint density at radius 2 is 1.62 bits per heavy atom. The summed E-state index contributed by atoms with van der Waals surface area (Å²) < 4.78 is 0. The van der Waals surface area contributed by atoms with E-state index < -0.39 is 6.04 Å². The Kier molecular flexibility index (Phi) is 6.66. The van der Waals surface area contributed by atoms with Crippen LogP contribution in [0.2, 0.25) is 0 Å². The molecule has 0 saturated carbocycles. The average Bonchev–Trinajstić information content (AvgIpc) is 3.49. The monoisotopic (exact) mass is 562 g/mol. The summed E-state index contributed by atoms with van der Waals surface area (Å²) in [6.45, 7) is 5.80. The fraction of sp³-hybridized carbons (Fsp3) is 0.353. The highest BCUT2D eigenvalue weighted by molar-refractivity contribution is 6.10. The standard InChI is InChI=1S/C34H34N4O4/c1-21-4-2-3-5-29(21)37-19-25-7-6-22(16-28(25)34(37)42)18-36-14-12-23(13-15-36)24-8-9-27-26(17-24)20-38(33(27)41)30-10-11-31(39)35-32(30)40/h2-9,16-17,23,30H,10-15,18-20H2,1H3,(H,35,39,40). The Hall–Kier alpha value is -4.30. The molecule has 0 radical (unpaired) electrons. The van der Waals surface area contributed by atoms with E-state index >= 15 is 0 Å². The number of anilines is 1. The molecule has 0 aromatic heterocycles. The van der Waals surface area contributed by atoms with Crippen molar-refractivity contribution >= 4 is 29.3 Å². The largest absolute Gasteiger partial charge is 0.322 e. The smallest absolute Gasteiger partial charge is 0.258 e. The number of benzene rings is 3. The molecule has 2 saturated heterocycles. The van der Waals surface area contributed by atoms with Crippen LogP contribution in [0.25, 0.3) is 0 Å². The van der Waals surface area contributed by atoms with Gasteiger partial charge in [0.25, 0.3) is 11.8 Å². The highest BCUT2D eigenvalue weighted by Crippen LogP contribution is 2.35. The second kappa shape index (κ2) is 10.5. The number of likely N-dealkylation sites (tertiary alicyclic amines) is 1. The van der Waals surface area contributed by atoms with Gasteiger partial charge in [0.1, 0.15) is 6.04 Å². The molecule has 3 aromatic rings. The third-order valence-electron chi connectivity index (χ3n) is 9.40. The quantitative estimate of drug-likeness (QED) is 0.469. The van der Waals surface area contributed by atoms with Crippen LogP contribution in [-0.2, 0) is 29.2 Å². The fourth-order valence-electron chi connectivity index (χ4n) is 7.04. The maximum absolute atomic E-state index is 13.3. The van der Waals surface area contributed by atoms with Gasteiger partial charge in [-0.1, -0.05) is 42.5 Å². The molecular formula is C34H34N4O4. The first-order valence-corrected chi connectivity index (χ1v) is 14.8. The minimum atomic E-state index is -0.589. The van der Waals surface area contributed by atoms with Crippen LogP contribution in [-0.4, -0.2) is 52.6 Å². The van der Waals surface area contributed by atoms with Gasteiger partial charge < -0.3 is 9.80 Å². The first-order valence-electron chi connectivity index (χ1n) is 14.8. The van der Waals surface area contributed by atoms with E-state index in [4.69, 9.17) is 0 Å². The Labute approximate surface area is 245 Å². The zero-order valence-electron chi connectivity index (χ0n) is 23.8. The van der Waals surface area contributed by atoms with Crippen molar-refractivity contribution in [3.8, 4) is 0 Å². The number of amides is 4. The number of fused-ring (bicyclic) bond motifs is 2. The number of rotatable bonds is 5. The summed E-state index contributed by atoms with van der Waals surface area (Å²) >= 11 is 0. The number of aryl methyl sites for hydroxylation is 1. The van der Waals surface area contributed by atoms with Gasteiger partial charge in [0, 0.05) is 36.3 Å². The van der Waals surface area contributed by atoms with Gasteiger partial charge in [-0.05, 0) is 91.2 Å². The number of carbonyl (C=O) groups excluding carboxylic acids is 4. The van der Waals surface area contributed by atoms with E-state index in [-0.39, 0.29) is 30.0 Å². The average molecular weight is 563 g/mol. The molecule has 0 aliphatic carbocycles. The first kappa shape index (κ1) is 26.6. The Morgan fingerprint density at radius 3 is 2.40 bits per heavy atom. The highest BCUT2D eigenvalue weighted by atomic mass is 16.2. The summed E-state index contributed by atoms with van der Waals surface area (Å²) in [5.41, 5.74) is 8.00. The Morgan fingerprint density at radius 1 is 0.810 bits per heavy atom. The van der Waals surface area contributed by atoms with Crippen LogP contribution in [0.4, 0.5) is 5.69 Å². The molecule has 1 unspecified atom stereocenters. The van der Waals surface area contributed by atoms with Crippen LogP contribution >= 0.6 is 0 Å². The second-order valence-electron chi connectivity index (χ2n) is 12.0. The second-order valence-corrected chi connectivity index (χ2v) is 12.0. The van der Waals surface area contributed by atoms with Crippen LogP contribution in [0.3, 0.4) is 0 Å². The van der Waals surface area contributed by atoms with E-state index in [0.717, 1.165) is 66.0 Å². The third-order valence-corrected chi connectivity index (χ3v) is 9.40. The summed E-state index contributed by atoms with van der Waals surface area (Å²) in [5, 5.41) is 2.37. The summed E-state index contributed by atoms with van der Waals surface area (Å²) in [7, 11) is 0. The van der Waals surface area contributed by atoms with Crippen molar-refractivity contribution in [3.05, 3.63) is 99.6 Å². The maximum atomic E-state index is 13.3. The number of nitrogens with zero attached hydrogens (tertiary/aromatic N) is 3. The molecule has 214 valence electrons. The lowest BCUT2D eigenvalue weighted by molar-refractivity contribution is -0.136. The molecule has 0 bridgehead atoms. The van der Waals surface area contributed by atoms with Gasteiger partial charge in [0.15, 0.2) is 0 Å². The predicted molar refractivity (Wildman–Crippen MR) is 158 cm³/mol. The number of imide groups is 1. The van der Waals surface area contributed by atoms with E-state index in [1.165, 1.54) is 5.56 Å². The molecule has 2 fully saturated rings. The van der Waals surface area contributed by atoms with Crippen LogP contribution in [0.5, 0.6) is 0 Å². The van der Waals surface area contributed by atoms with Crippen molar-refractivity contribution < 1.29 is 19.2 Å². The van der Waals surface area contributed by atoms with Gasteiger partial charge in [-0.25, -0.2) is 0 Å². The van der Waals surface area contributed by atoms with Gasteiger partial charge in [0.2, 0.25) is 11.8 Å². The van der Waals surface area contributed by atoms with E-state index in [1.54, 1.807) is 4.90 Å². The number of carbonyl (C=O) groups is 4. The van der Waals surface area contributed by atoms with Crippen LogP contribution < -0.4 is 10.2 Å². The predicted octanol–water partition coefficient (Wildman–Crippen LogP) is 4.30. The molecule has 4 amide bonds. The summed E-state index contributed by atoms with van der Waals surface area (Å²) in [4.78, 5) is 56.2. The molecule has 8 nitrogen and oxygen atoms in total. The molecule has 1 atom stereocenters. The van der Waals surface area contributed by atoms with E-state index in [1.807, 2.05) is 42.2 Å². The SMILES string of the molecule is Cc1ccccc1N1Cc2ccc(CN3CCC(c4ccc5c(c4)CN(C4CCC(=O)NC4=O)C5=O)CC3)cc2C1=O. The minimum Gasteiger partial charge on any atom is -0.322 e. The lowest BCUT2D eigenvalue weighted by atomic mass is 9.87. The molecule has 4 aliphatic heterocycles. The van der Waals surface area contributed by atoms with Crippen molar-refractivity contribution in [1.29, 1.82) is 0 Å². The molecule has 4 heterocycles. The summed E-state index contributed by atoms with van der Waals surface area (Å²) in [5.74, 6) is -0.294. The van der Waals surface area contributed by atoms with Gasteiger partial charge in [-0.2, -0.15) is 0 Å². The van der Waals surface area contributed by atoms with Crippen molar-refractivity contribution in [2.75, 3.05) is 18.0 Å². The zero-order chi connectivity index (χ0) is 29.0. The lowest BCUT2D eigenvalue weighted by Crippen LogP contribution is -2.52. The molecule has 3 aromatic carbocycles. The van der Waals surface area contributed by atoms with E-state index in [0.29, 0.717) is 31.0 Å². The number of para-hydroxylation sites is 1. The van der Waals surface area contributed by atoms with Gasteiger partial charge in [-0.15, -0.1) is 0 Å². The van der Waals surface area contributed by atoms with Crippen molar-refractivity contribution in [1.82, 2.24) is 15.1 Å². The molecule has 1 N–H and O–H groups in total. The molecule has 8 heteroatoms. The topological polar surface area (TPSA) is 90.0 Å². The van der Waals surface area contributed by atoms with E-state index in [2.05, 4.69) is 40.5 Å². The number of hydrogen-bond acceptors (Lipinski definition) is 5. The lowest BCUT2D eigenvalue weighted by Gasteiger charge is -2.32. The van der Waals surface area contributed by atoms with Crippen molar-refractivity contribution in [2.24, 2.45) is 0 Å². The van der Waals surface area contributed by atoms with Gasteiger partial charge >= 0.3 is 0 Å². The fourth-order valence-corrected chi connectivity index (χ4v) is 7.04. The summed E-state index contributed by atoms with van der Waals surface area (Å²) in [6, 6.07) is 19.9. The van der Waals surface area contributed by atoms with Crippen molar-refractivity contribution in [2.45, 2.75) is 64.2 Å². The van der Waals surface area contributed by atoms with Gasteiger partial charge in [0.05, 0.1) is 6.54 Å². The summed E-state index contributed by atoms with van der Waals surface area (Å²) in [6.07, 6.45) is 2.68. The molecule has 42 heavy (non-hydrogen) atoms. The maximum Gasteiger partial charge on any atom is 0.258 e. The zero-order valence-corrected chi connectivity index (χ0v) is 23.8. The normalized spacial score (nSPS) is 21.1. The number of piperidine rings is 2. The number of hydrogen-bond donors (Lipinski definition) is 1. The van der Waals surface area contributed by atoms with E-state index in [9.17, 15) is 19.2 Å². The highest BCUT2D eigenvalue weighted by Gasteiger charge is 2.39. The first-order chi connectivity index (χ1) is 20.4. The molecular weight excluding hydrogens is 528 g/mol. The van der Waals surface area contributed by atoms with Gasteiger partial charge in [-0.3, -0.25) is 29.4 Å². The molecule has 7 rings (SSSR count). The number of nitrogens with one attached hydrogen (secondary N) is 1. The van der Waals surface area contributed by atoms with Crippen molar-refractivity contribution in [3.63, 3.8) is 0 Å². The van der Waals surface area contributed by atoms with Crippen LogP contribution in [0.15, 0.2) is 60.7 Å².